The zero-order valence-electron chi connectivity index (χ0n) is 60.2. The molecule has 0 aliphatic carbocycles. The number of pyridine rings is 1. The number of benzene rings is 7. The summed E-state index contributed by atoms with van der Waals surface area (Å²) in [4.78, 5) is 10.2. The van der Waals surface area contributed by atoms with Crippen LogP contribution in [0.1, 0.15) is 160 Å². The van der Waals surface area contributed by atoms with Crippen LogP contribution in [0.4, 0.5) is 0 Å². The molecule has 1 N–H and O–H groups in total. The second-order valence-corrected chi connectivity index (χ2v) is 20.8. The molecular weight excluding hydrogens is 1060 g/mol. The second-order valence-electron chi connectivity index (χ2n) is 20.8. The fourth-order valence-corrected chi connectivity index (χ4v) is 8.89. The predicted octanol–water partition coefficient (Wildman–Crippen LogP) is 18.4. The minimum atomic E-state index is -3.86. The standard InChI is InChI=1S/C67H70N3O.Pt/c1-41(2)48-37-55(42(3)4)63(71)58(38-48)64-69-62-54(49-34-50(36-53(35-49)67(12,13)14)59-39-47(31-32-68-59)44-23-27-51(28-24-44)65(6,7)8)21-18-22-60(62)70(64)61-40-56(45-19-16-15-17-20-45)43(5)33-57(61)46-25-29-52(30-26-46)66(9,10)11;/h15-33,35-42,71H,1-14H3;/q-1;/i5D3,6D3,7D3,8D3,23D,24D,27D,28D,41D,42D;. The number of aromatic hydroxyl groups is 1. The number of hydrogen-bond donors (Lipinski definition) is 1. The SMILES string of the molecule is [2H]c1c([2H])c(C(C([2H])([2H])[2H])(C([2H])([2H])[2H])C([2H])([2H])[2H])c([2H])c([2H])c1-c1ccnc(-c2[c-]c(-c3cccc4c3nc(-c3cc(C([2H])(C)C)cc(C([2H])(C)C)c3O)n4-c3cc(-c4ccccc4)c(C([2H])([2H])[2H])cc3-c3ccc(C(C)(C)C)cc3)cc(C(C)(C)C)c2)c1.[Pt]. The van der Waals surface area contributed by atoms with E-state index in [9.17, 15) is 10.6 Å². The summed E-state index contributed by atoms with van der Waals surface area (Å²) < 4.78 is 159. The summed E-state index contributed by atoms with van der Waals surface area (Å²) >= 11 is 0. The van der Waals surface area contributed by atoms with Crippen LogP contribution < -0.4 is 0 Å². The zero-order valence-corrected chi connectivity index (χ0v) is 44.5. The molecule has 370 valence electrons. The Hall–Kier alpha value is -6.35. The Morgan fingerprint density at radius 3 is 1.92 bits per heavy atom. The molecule has 0 spiro atoms. The van der Waals surface area contributed by atoms with Crippen LogP contribution in [-0.4, -0.2) is 19.6 Å². The number of rotatable bonds is 9. The van der Waals surface area contributed by atoms with Crippen molar-refractivity contribution in [3.63, 3.8) is 0 Å². The summed E-state index contributed by atoms with van der Waals surface area (Å²) in [7, 11) is 0. The summed E-state index contributed by atoms with van der Waals surface area (Å²) in [6, 6.07) is 35.9. The first-order chi connectivity index (χ1) is 40.8. The number of fused-ring (bicyclic) bond motifs is 1. The van der Waals surface area contributed by atoms with Gasteiger partial charge in [0.25, 0.3) is 0 Å². The molecule has 9 rings (SSSR count). The van der Waals surface area contributed by atoms with Gasteiger partial charge in [-0.25, -0.2) is 4.98 Å². The van der Waals surface area contributed by atoms with Crippen LogP contribution in [0.15, 0.2) is 152 Å². The van der Waals surface area contributed by atoms with E-state index in [1.807, 2.05) is 116 Å². The number of imidazole rings is 1. The van der Waals surface area contributed by atoms with Gasteiger partial charge < -0.3 is 5.11 Å². The first-order valence-electron chi connectivity index (χ1n) is 32.7. The van der Waals surface area contributed by atoms with Crippen LogP contribution >= 0.6 is 0 Å². The molecule has 0 saturated heterocycles. The van der Waals surface area contributed by atoms with Crippen molar-refractivity contribution in [3.8, 4) is 78.6 Å². The molecular formula is C67H70N3OPt-. The molecule has 0 saturated carbocycles. The van der Waals surface area contributed by atoms with Gasteiger partial charge >= 0.3 is 0 Å². The van der Waals surface area contributed by atoms with Crippen LogP contribution in [0.5, 0.6) is 5.75 Å². The van der Waals surface area contributed by atoms with Crippen molar-refractivity contribution in [2.45, 2.75) is 125 Å². The topological polar surface area (TPSA) is 50.9 Å². The minimum absolute atomic E-state index is 0. The Balaban J connectivity index is 0.0000105. The second kappa shape index (κ2) is 19.9. The largest absolute Gasteiger partial charge is 0.507 e. The molecule has 2 aromatic heterocycles. The van der Waals surface area contributed by atoms with Gasteiger partial charge in [0.2, 0.25) is 0 Å². The Morgan fingerprint density at radius 1 is 0.597 bits per heavy atom. The van der Waals surface area contributed by atoms with E-state index in [1.54, 1.807) is 45.9 Å². The van der Waals surface area contributed by atoms with Crippen LogP contribution in [0, 0.1) is 12.9 Å². The predicted molar refractivity (Wildman–Crippen MR) is 301 cm³/mol. The van der Waals surface area contributed by atoms with Crippen molar-refractivity contribution in [2.75, 3.05) is 0 Å². The molecule has 4 nitrogen and oxygen atoms in total. The normalized spacial score (nSPS) is 16.9. The van der Waals surface area contributed by atoms with Crippen molar-refractivity contribution in [3.05, 3.63) is 191 Å². The molecule has 0 bridgehead atoms. The Kier molecular flexibility index (Phi) is 9.24. The van der Waals surface area contributed by atoms with Gasteiger partial charge in [-0.3, -0.25) is 9.55 Å². The summed E-state index contributed by atoms with van der Waals surface area (Å²) in [6.45, 7) is 4.91. The third-order valence-electron chi connectivity index (χ3n) is 13.0. The molecule has 72 heavy (non-hydrogen) atoms. The van der Waals surface area contributed by atoms with E-state index in [4.69, 9.17) is 29.2 Å². The van der Waals surface area contributed by atoms with Gasteiger partial charge in [-0.2, -0.15) is 0 Å². The molecule has 0 fully saturated rings. The van der Waals surface area contributed by atoms with Gasteiger partial charge in [-0.1, -0.05) is 204 Å². The monoisotopic (exact) mass is 1150 g/mol. The van der Waals surface area contributed by atoms with Gasteiger partial charge in [-0.05, 0) is 121 Å². The van der Waals surface area contributed by atoms with E-state index < -0.39 is 79.8 Å². The number of nitrogens with zero attached hydrogens (tertiary/aromatic N) is 3. The van der Waals surface area contributed by atoms with Gasteiger partial charge in [0.1, 0.15) is 11.6 Å². The average Bonchev–Trinajstić information content (AvgIpc) is 0.732. The fraction of sp³-hybridized carbons (Fsp3) is 0.284. The summed E-state index contributed by atoms with van der Waals surface area (Å²) in [5.41, 5.74) is 2.01. The number of aromatic nitrogens is 3. The zero-order chi connectivity index (χ0) is 66.1. The van der Waals surface area contributed by atoms with Crippen molar-refractivity contribution >= 4 is 11.0 Å². The van der Waals surface area contributed by atoms with Crippen molar-refractivity contribution in [1.29, 1.82) is 0 Å². The third-order valence-corrected chi connectivity index (χ3v) is 13.0. The van der Waals surface area contributed by atoms with E-state index in [0.29, 0.717) is 61.2 Å². The molecule has 0 unspecified atom stereocenters. The molecule has 0 amide bonds. The van der Waals surface area contributed by atoms with Gasteiger partial charge in [0, 0.05) is 57.7 Å². The van der Waals surface area contributed by atoms with E-state index in [0.717, 1.165) is 11.1 Å². The first kappa shape index (κ1) is 33.4. The maximum Gasteiger partial charge on any atom is 0.148 e. The summed E-state index contributed by atoms with van der Waals surface area (Å²) in [5, 5.41) is 12.7. The average molecular weight is 1150 g/mol. The van der Waals surface area contributed by atoms with Crippen molar-refractivity contribution < 1.29 is 50.8 Å². The van der Waals surface area contributed by atoms with E-state index in [-0.39, 0.29) is 71.6 Å². The molecule has 0 aliphatic rings. The number of phenolic OH excluding ortho intramolecular Hbond substituents is 1. The fourth-order valence-electron chi connectivity index (χ4n) is 8.89. The smallest absolute Gasteiger partial charge is 0.148 e. The van der Waals surface area contributed by atoms with E-state index in [2.05, 4.69) is 26.8 Å². The minimum Gasteiger partial charge on any atom is -0.507 e. The van der Waals surface area contributed by atoms with Gasteiger partial charge in [0.15, 0.2) is 0 Å². The van der Waals surface area contributed by atoms with Gasteiger partial charge in [-0.15, -0.1) is 29.3 Å². The molecule has 0 aliphatic heterocycles. The van der Waals surface area contributed by atoms with Crippen molar-refractivity contribution in [1.82, 2.24) is 14.5 Å². The molecule has 9 aromatic rings. The quantitative estimate of drug-likeness (QED) is 0.147. The van der Waals surface area contributed by atoms with Crippen LogP contribution in [0.2, 0.25) is 0 Å². The molecule has 2 heterocycles. The number of para-hydroxylation sites is 1. The summed E-state index contributed by atoms with van der Waals surface area (Å²) in [5.74, 6) is -2.65. The maximum absolute atomic E-state index is 12.7. The molecule has 0 atom stereocenters. The maximum atomic E-state index is 12.7. The van der Waals surface area contributed by atoms with Crippen molar-refractivity contribution in [2.24, 2.45) is 0 Å². The molecule has 7 aromatic carbocycles. The van der Waals surface area contributed by atoms with Gasteiger partial charge in [0.05, 0.1) is 27.8 Å². The van der Waals surface area contributed by atoms with Crippen LogP contribution in [0.25, 0.3) is 83.9 Å². The molecule has 5 heteroatoms. The number of aryl methyl sites for hydroxylation is 1. The summed E-state index contributed by atoms with van der Waals surface area (Å²) in [6.07, 6.45) is 1.37. The van der Waals surface area contributed by atoms with E-state index >= 15 is 0 Å². The first-order valence-corrected chi connectivity index (χ1v) is 23.7. The number of hydrogen-bond acceptors (Lipinski definition) is 3. The van der Waals surface area contributed by atoms with Crippen LogP contribution in [-0.2, 0) is 37.3 Å². The Bertz CT molecular complexity index is 4170. The third kappa shape index (κ3) is 10.3. The Labute approximate surface area is 469 Å². The van der Waals surface area contributed by atoms with Crippen LogP contribution in [0.3, 0.4) is 0 Å². The molecule has 0 radical (unpaired) electrons. The van der Waals surface area contributed by atoms with E-state index in [1.165, 1.54) is 18.3 Å². The Morgan fingerprint density at radius 2 is 1.28 bits per heavy atom. The number of phenols is 1.